The van der Waals surface area contributed by atoms with Crippen molar-refractivity contribution in [3.8, 4) is 0 Å². The van der Waals surface area contributed by atoms with Crippen LogP contribution >= 0.6 is 0 Å². The van der Waals surface area contributed by atoms with Crippen LogP contribution in [0.5, 0.6) is 0 Å². The van der Waals surface area contributed by atoms with Gasteiger partial charge in [-0.1, -0.05) is 0 Å². The number of hydrogen-bond donors (Lipinski definition) is 0. The van der Waals surface area contributed by atoms with Gasteiger partial charge in [-0.15, -0.1) is 0 Å². The first-order valence-corrected chi connectivity index (χ1v) is 9.66. The summed E-state index contributed by atoms with van der Waals surface area (Å²) in [4.78, 5) is 0. The van der Waals surface area contributed by atoms with E-state index in [1.807, 2.05) is 11.7 Å². The van der Waals surface area contributed by atoms with Crippen LogP contribution in [-0.2, 0) is 41.4 Å². The van der Waals surface area contributed by atoms with Gasteiger partial charge < -0.3 is 4.74 Å². The molecule has 6 nitrogen and oxygen atoms in total. The number of ether oxygens (including phenoxy) is 1. The normalized spacial score (nSPS) is 22.8. The van der Waals surface area contributed by atoms with Gasteiger partial charge in [-0.2, -0.15) is 9.40 Å². The van der Waals surface area contributed by atoms with E-state index < -0.39 is 10.0 Å². The summed E-state index contributed by atoms with van der Waals surface area (Å²) in [5.41, 5.74) is 3.21. The van der Waals surface area contributed by atoms with Crippen molar-refractivity contribution >= 4 is 10.0 Å². The van der Waals surface area contributed by atoms with Crippen LogP contribution in [0.4, 0.5) is 0 Å². The number of fused-ring (bicyclic) bond motifs is 1. The minimum absolute atomic E-state index is 0.136. The van der Waals surface area contributed by atoms with Gasteiger partial charge in [0.2, 0.25) is 10.0 Å². The minimum atomic E-state index is -3.10. The molecule has 3 aliphatic rings. The van der Waals surface area contributed by atoms with Crippen LogP contribution in [0.15, 0.2) is 0 Å². The second-order valence-electron chi connectivity index (χ2n) is 6.78. The maximum Gasteiger partial charge on any atom is 0.217 e. The number of nitrogens with zero attached hydrogens (tertiary/aromatic N) is 3. The first-order valence-electron chi connectivity index (χ1n) is 8.16. The van der Waals surface area contributed by atoms with Crippen molar-refractivity contribution in [1.29, 1.82) is 0 Å². The lowest BCUT2D eigenvalue weighted by Gasteiger charge is -2.27. The Balaban J connectivity index is 1.48. The van der Waals surface area contributed by atoms with E-state index in [0.29, 0.717) is 19.7 Å². The number of sulfonamides is 1. The van der Waals surface area contributed by atoms with Gasteiger partial charge in [-0.3, -0.25) is 4.68 Å². The van der Waals surface area contributed by atoms with Gasteiger partial charge in [0, 0.05) is 25.8 Å². The number of rotatable bonds is 6. The standard InChI is InChI=1S/C15H23N3O3S/c1-17-15-8-18(22(19,20)12-4-5-12)7-6-13(15)14(16-17)10-21-9-11-2-3-11/h11-12H,2-10H2,1H3. The fraction of sp³-hybridized carbons (Fsp3) is 0.800. The Kier molecular flexibility index (Phi) is 3.54. The van der Waals surface area contributed by atoms with E-state index in [9.17, 15) is 8.42 Å². The zero-order valence-corrected chi connectivity index (χ0v) is 13.8. The first-order chi connectivity index (χ1) is 10.6. The molecule has 0 unspecified atom stereocenters. The van der Waals surface area contributed by atoms with Crippen molar-refractivity contribution in [2.75, 3.05) is 13.2 Å². The Morgan fingerprint density at radius 1 is 1.27 bits per heavy atom. The highest BCUT2D eigenvalue weighted by atomic mass is 32.2. The minimum Gasteiger partial charge on any atom is -0.375 e. The second-order valence-corrected chi connectivity index (χ2v) is 8.99. The number of hydrogen-bond acceptors (Lipinski definition) is 4. The van der Waals surface area contributed by atoms with Crippen LogP contribution in [0, 0.1) is 5.92 Å². The molecule has 2 heterocycles. The fourth-order valence-corrected chi connectivity index (χ4v) is 4.95. The summed E-state index contributed by atoms with van der Waals surface area (Å²) in [7, 11) is -1.20. The summed E-state index contributed by atoms with van der Waals surface area (Å²) in [5, 5.41) is 4.42. The number of aromatic nitrogens is 2. The van der Waals surface area contributed by atoms with Crippen molar-refractivity contribution in [2.45, 2.75) is 50.5 Å². The van der Waals surface area contributed by atoms with Crippen LogP contribution in [0.1, 0.15) is 42.6 Å². The Labute approximate surface area is 131 Å². The predicted molar refractivity (Wildman–Crippen MR) is 81.6 cm³/mol. The summed E-state index contributed by atoms with van der Waals surface area (Å²) in [6, 6.07) is 0. The SMILES string of the molecule is Cn1nc(COCC2CC2)c2c1CN(S(=O)(=O)C1CC1)CC2. The molecule has 2 aliphatic carbocycles. The van der Waals surface area contributed by atoms with Gasteiger partial charge in [0.25, 0.3) is 0 Å². The third kappa shape index (κ3) is 2.70. The average Bonchev–Trinajstić information content (AvgIpc) is 3.37. The molecule has 0 amide bonds. The molecule has 0 saturated heterocycles. The van der Waals surface area contributed by atoms with E-state index in [0.717, 1.165) is 43.2 Å². The quantitative estimate of drug-likeness (QED) is 0.788. The summed E-state index contributed by atoms with van der Waals surface area (Å²) in [6.45, 7) is 2.41. The largest absolute Gasteiger partial charge is 0.375 e. The average molecular weight is 325 g/mol. The molecule has 2 saturated carbocycles. The molecule has 1 aromatic rings. The van der Waals surface area contributed by atoms with Crippen LogP contribution in [0.2, 0.25) is 0 Å². The highest BCUT2D eigenvalue weighted by Crippen LogP contribution is 2.34. The number of aryl methyl sites for hydroxylation is 1. The molecule has 0 radical (unpaired) electrons. The first kappa shape index (κ1) is 14.7. The molecule has 0 aromatic carbocycles. The molecular formula is C15H23N3O3S. The zero-order valence-electron chi connectivity index (χ0n) is 13.0. The third-order valence-corrected chi connectivity index (χ3v) is 7.24. The molecule has 122 valence electrons. The summed E-state index contributed by atoms with van der Waals surface area (Å²) < 4.78 is 34.0. The molecular weight excluding hydrogens is 302 g/mol. The van der Waals surface area contributed by atoms with Crippen LogP contribution in [-0.4, -0.2) is 40.9 Å². The van der Waals surface area contributed by atoms with Crippen molar-refractivity contribution in [3.05, 3.63) is 17.0 Å². The van der Waals surface area contributed by atoms with E-state index in [1.54, 1.807) is 4.31 Å². The van der Waals surface area contributed by atoms with E-state index >= 15 is 0 Å². The Hall–Kier alpha value is -0.920. The van der Waals surface area contributed by atoms with Crippen molar-refractivity contribution in [2.24, 2.45) is 13.0 Å². The van der Waals surface area contributed by atoms with Gasteiger partial charge in [0.1, 0.15) is 0 Å². The summed E-state index contributed by atoms with van der Waals surface area (Å²) in [6.07, 6.45) is 4.95. The van der Waals surface area contributed by atoms with Gasteiger partial charge >= 0.3 is 0 Å². The lowest BCUT2D eigenvalue weighted by Crippen LogP contribution is -2.38. The van der Waals surface area contributed by atoms with Crippen molar-refractivity contribution in [3.63, 3.8) is 0 Å². The van der Waals surface area contributed by atoms with Gasteiger partial charge in [-0.05, 0) is 38.0 Å². The Morgan fingerprint density at radius 2 is 2.05 bits per heavy atom. The molecule has 0 atom stereocenters. The van der Waals surface area contributed by atoms with Crippen molar-refractivity contribution in [1.82, 2.24) is 14.1 Å². The monoisotopic (exact) mass is 325 g/mol. The topological polar surface area (TPSA) is 64.4 Å². The molecule has 7 heteroatoms. The summed E-state index contributed by atoms with van der Waals surface area (Å²) >= 11 is 0. The van der Waals surface area contributed by atoms with Gasteiger partial charge in [0.15, 0.2) is 0 Å². The molecule has 4 rings (SSSR count). The smallest absolute Gasteiger partial charge is 0.217 e. The summed E-state index contributed by atoms with van der Waals surface area (Å²) in [5.74, 6) is 0.749. The van der Waals surface area contributed by atoms with Gasteiger partial charge in [-0.25, -0.2) is 8.42 Å². The third-order valence-electron chi connectivity index (χ3n) is 4.89. The zero-order chi connectivity index (χ0) is 15.3. The fourth-order valence-electron chi connectivity index (χ4n) is 3.15. The second kappa shape index (κ2) is 5.32. The van der Waals surface area contributed by atoms with Crippen LogP contribution in [0.3, 0.4) is 0 Å². The molecule has 0 bridgehead atoms. The van der Waals surface area contributed by atoms with E-state index in [2.05, 4.69) is 5.10 Å². The van der Waals surface area contributed by atoms with E-state index in [4.69, 9.17) is 4.74 Å². The lowest BCUT2D eigenvalue weighted by molar-refractivity contribution is 0.108. The van der Waals surface area contributed by atoms with Crippen LogP contribution in [0.25, 0.3) is 0 Å². The molecule has 2 fully saturated rings. The Bertz CT molecular complexity index is 674. The molecule has 1 aliphatic heterocycles. The maximum absolute atomic E-state index is 12.4. The Morgan fingerprint density at radius 3 is 2.73 bits per heavy atom. The molecule has 1 aromatic heterocycles. The van der Waals surface area contributed by atoms with E-state index in [-0.39, 0.29) is 5.25 Å². The highest BCUT2D eigenvalue weighted by molar-refractivity contribution is 7.90. The maximum atomic E-state index is 12.4. The molecule has 0 spiro atoms. The predicted octanol–water partition coefficient (Wildman–Crippen LogP) is 1.20. The van der Waals surface area contributed by atoms with Crippen LogP contribution < -0.4 is 0 Å². The lowest BCUT2D eigenvalue weighted by atomic mass is 10.1. The highest BCUT2D eigenvalue weighted by Gasteiger charge is 2.41. The van der Waals surface area contributed by atoms with Gasteiger partial charge in [0.05, 0.1) is 29.8 Å². The van der Waals surface area contributed by atoms with Crippen molar-refractivity contribution < 1.29 is 13.2 Å². The molecule has 22 heavy (non-hydrogen) atoms. The molecule has 0 N–H and O–H groups in total. The van der Waals surface area contributed by atoms with E-state index in [1.165, 1.54) is 18.4 Å².